The van der Waals surface area contributed by atoms with Crippen LogP contribution in [-0.4, -0.2) is 49.7 Å². The van der Waals surface area contributed by atoms with Crippen LogP contribution in [0.3, 0.4) is 0 Å². The van der Waals surface area contributed by atoms with E-state index in [0.29, 0.717) is 18.9 Å². The molecule has 0 amide bonds. The maximum atomic E-state index is 13.0. The van der Waals surface area contributed by atoms with Gasteiger partial charge in [-0.3, -0.25) is 0 Å². The Morgan fingerprint density at radius 3 is 2.62 bits per heavy atom. The molecule has 2 heterocycles. The lowest BCUT2D eigenvalue weighted by molar-refractivity contribution is -0.137. The van der Waals surface area contributed by atoms with Gasteiger partial charge in [0.15, 0.2) is 0 Å². The van der Waals surface area contributed by atoms with Crippen molar-refractivity contribution in [3.8, 4) is 0 Å². The lowest BCUT2D eigenvalue weighted by Crippen LogP contribution is -2.29. The fourth-order valence-corrected chi connectivity index (χ4v) is 2.39. The molecule has 0 aliphatic carbocycles. The summed E-state index contributed by atoms with van der Waals surface area (Å²) in [6, 6.07) is 2.21. The highest BCUT2D eigenvalue weighted by Crippen LogP contribution is 2.33. The van der Waals surface area contributed by atoms with Crippen molar-refractivity contribution in [3.63, 3.8) is 0 Å². The topological polar surface area (TPSA) is 31.4 Å². The first-order chi connectivity index (χ1) is 9.90. The Morgan fingerprint density at radius 2 is 1.95 bits per heavy atom. The van der Waals surface area contributed by atoms with Gasteiger partial charge in [-0.05, 0) is 39.1 Å². The van der Waals surface area contributed by atoms with Crippen LogP contribution in [-0.2, 0) is 6.18 Å². The first kappa shape index (κ1) is 15.9. The molecule has 1 aromatic rings. The Kier molecular flexibility index (Phi) is 4.92. The number of halogens is 3. The minimum absolute atomic E-state index is 0.278. The molecular weight excluding hydrogens is 281 g/mol. The Labute approximate surface area is 122 Å². The number of alkyl halides is 3. The molecule has 0 aromatic carbocycles. The number of pyridine rings is 1. The molecule has 0 unspecified atom stereocenters. The number of aromatic nitrogens is 1. The maximum Gasteiger partial charge on any atom is 0.416 e. The van der Waals surface area contributed by atoms with E-state index in [4.69, 9.17) is 0 Å². The van der Waals surface area contributed by atoms with E-state index in [9.17, 15) is 13.2 Å². The Hall–Kier alpha value is -1.50. The van der Waals surface area contributed by atoms with E-state index >= 15 is 0 Å². The van der Waals surface area contributed by atoms with Gasteiger partial charge in [-0.1, -0.05) is 0 Å². The number of hydrogen-bond donors (Lipinski definition) is 1. The van der Waals surface area contributed by atoms with Crippen LogP contribution >= 0.6 is 0 Å². The van der Waals surface area contributed by atoms with E-state index in [0.717, 1.165) is 38.2 Å². The fourth-order valence-electron chi connectivity index (χ4n) is 2.39. The summed E-state index contributed by atoms with van der Waals surface area (Å²) in [7, 11) is 2.02. The standard InChI is InChI=1S/C14H21F3N4/c1-3-18-12-9-11(14(15,16)17)10-13(19-12)21-6-4-5-20(2)7-8-21/h9-10H,3-8H2,1-2H3,(H,18,19). The van der Waals surface area contributed by atoms with Crippen LogP contribution in [0.1, 0.15) is 18.9 Å². The molecule has 0 bridgehead atoms. The van der Waals surface area contributed by atoms with Gasteiger partial charge < -0.3 is 15.1 Å². The molecule has 1 fully saturated rings. The maximum absolute atomic E-state index is 13.0. The molecule has 0 spiro atoms. The molecule has 0 radical (unpaired) electrons. The minimum Gasteiger partial charge on any atom is -0.370 e. The molecule has 118 valence electrons. The van der Waals surface area contributed by atoms with Crippen molar-refractivity contribution in [1.29, 1.82) is 0 Å². The molecule has 1 saturated heterocycles. The zero-order valence-corrected chi connectivity index (χ0v) is 12.4. The van der Waals surface area contributed by atoms with E-state index in [1.54, 1.807) is 0 Å². The average Bonchev–Trinajstić information content (AvgIpc) is 2.63. The molecule has 7 heteroatoms. The van der Waals surface area contributed by atoms with Crippen LogP contribution < -0.4 is 10.2 Å². The van der Waals surface area contributed by atoms with Gasteiger partial charge in [0.2, 0.25) is 0 Å². The largest absolute Gasteiger partial charge is 0.416 e. The predicted molar refractivity (Wildman–Crippen MR) is 77.7 cm³/mol. The monoisotopic (exact) mass is 302 g/mol. The molecule has 4 nitrogen and oxygen atoms in total. The SMILES string of the molecule is CCNc1cc(C(F)(F)F)cc(N2CCCN(C)CC2)n1. The lowest BCUT2D eigenvalue weighted by atomic mass is 10.2. The average molecular weight is 302 g/mol. The van der Waals surface area contributed by atoms with Crippen LogP contribution in [0.2, 0.25) is 0 Å². The molecule has 1 aromatic heterocycles. The van der Waals surface area contributed by atoms with Crippen molar-refractivity contribution in [2.24, 2.45) is 0 Å². The second kappa shape index (κ2) is 6.51. The van der Waals surface area contributed by atoms with Gasteiger partial charge in [-0.15, -0.1) is 0 Å². The molecule has 0 atom stereocenters. The normalized spacial score (nSPS) is 17.7. The third-order valence-corrected chi connectivity index (χ3v) is 3.54. The summed E-state index contributed by atoms with van der Waals surface area (Å²) in [5.74, 6) is 0.677. The van der Waals surface area contributed by atoms with Crippen molar-refractivity contribution < 1.29 is 13.2 Å². The van der Waals surface area contributed by atoms with Gasteiger partial charge in [0, 0.05) is 26.2 Å². The highest BCUT2D eigenvalue weighted by Gasteiger charge is 2.32. The number of rotatable bonds is 3. The van der Waals surface area contributed by atoms with E-state index in [2.05, 4.69) is 15.2 Å². The molecule has 1 aliphatic rings. The summed E-state index contributed by atoms with van der Waals surface area (Å²) in [5.41, 5.74) is -0.652. The summed E-state index contributed by atoms with van der Waals surface area (Å²) in [5, 5.41) is 2.88. The molecule has 1 aliphatic heterocycles. The van der Waals surface area contributed by atoms with Crippen molar-refractivity contribution in [2.75, 3.05) is 50.0 Å². The van der Waals surface area contributed by atoms with Crippen molar-refractivity contribution in [1.82, 2.24) is 9.88 Å². The highest BCUT2D eigenvalue weighted by molar-refractivity contribution is 5.51. The second-order valence-electron chi connectivity index (χ2n) is 5.27. The number of likely N-dealkylation sites (N-methyl/N-ethyl adjacent to an activating group) is 1. The molecule has 1 N–H and O–H groups in total. The first-order valence-electron chi connectivity index (χ1n) is 7.17. The van der Waals surface area contributed by atoms with Crippen LogP contribution in [0.15, 0.2) is 12.1 Å². The zero-order chi connectivity index (χ0) is 15.5. The van der Waals surface area contributed by atoms with Crippen LogP contribution in [0, 0.1) is 0 Å². The van der Waals surface area contributed by atoms with Gasteiger partial charge in [-0.25, -0.2) is 4.98 Å². The summed E-state index contributed by atoms with van der Waals surface area (Å²) in [6.45, 7) is 5.57. The van der Waals surface area contributed by atoms with Gasteiger partial charge in [-0.2, -0.15) is 13.2 Å². The Morgan fingerprint density at radius 1 is 1.19 bits per heavy atom. The van der Waals surface area contributed by atoms with E-state index in [1.165, 1.54) is 0 Å². The van der Waals surface area contributed by atoms with Crippen LogP contribution in [0.25, 0.3) is 0 Å². The highest BCUT2D eigenvalue weighted by atomic mass is 19.4. The summed E-state index contributed by atoms with van der Waals surface area (Å²) >= 11 is 0. The van der Waals surface area contributed by atoms with Crippen molar-refractivity contribution >= 4 is 11.6 Å². The Balaban J connectivity index is 2.30. The summed E-state index contributed by atoms with van der Waals surface area (Å²) < 4.78 is 39.0. The summed E-state index contributed by atoms with van der Waals surface area (Å²) in [4.78, 5) is 8.43. The number of hydrogen-bond acceptors (Lipinski definition) is 4. The van der Waals surface area contributed by atoms with E-state index < -0.39 is 11.7 Å². The number of anilines is 2. The summed E-state index contributed by atoms with van der Waals surface area (Å²) in [6.07, 6.45) is -3.44. The smallest absolute Gasteiger partial charge is 0.370 e. The lowest BCUT2D eigenvalue weighted by Gasteiger charge is -2.23. The molecule has 2 rings (SSSR count). The second-order valence-corrected chi connectivity index (χ2v) is 5.27. The fraction of sp³-hybridized carbons (Fsp3) is 0.643. The van der Waals surface area contributed by atoms with E-state index in [-0.39, 0.29) is 5.82 Å². The van der Waals surface area contributed by atoms with Crippen LogP contribution in [0.5, 0.6) is 0 Å². The van der Waals surface area contributed by atoms with E-state index in [1.807, 2.05) is 18.9 Å². The van der Waals surface area contributed by atoms with Crippen molar-refractivity contribution in [3.05, 3.63) is 17.7 Å². The molecule has 21 heavy (non-hydrogen) atoms. The van der Waals surface area contributed by atoms with Gasteiger partial charge >= 0.3 is 6.18 Å². The van der Waals surface area contributed by atoms with Crippen molar-refractivity contribution in [2.45, 2.75) is 19.5 Å². The minimum atomic E-state index is -4.36. The first-order valence-corrected chi connectivity index (χ1v) is 7.17. The van der Waals surface area contributed by atoms with Crippen LogP contribution in [0.4, 0.5) is 24.8 Å². The quantitative estimate of drug-likeness (QED) is 0.930. The molecule has 0 saturated carbocycles. The van der Waals surface area contributed by atoms with Gasteiger partial charge in [0.1, 0.15) is 11.6 Å². The number of nitrogens with one attached hydrogen (secondary N) is 1. The third-order valence-electron chi connectivity index (χ3n) is 3.54. The van der Waals surface area contributed by atoms with Gasteiger partial charge in [0.25, 0.3) is 0 Å². The predicted octanol–water partition coefficient (Wildman–Crippen LogP) is 2.67. The molecular formula is C14H21F3N4. The Bertz CT molecular complexity index is 476. The third kappa shape index (κ3) is 4.23. The number of nitrogens with zero attached hydrogens (tertiary/aromatic N) is 3. The van der Waals surface area contributed by atoms with Gasteiger partial charge in [0.05, 0.1) is 5.56 Å². The zero-order valence-electron chi connectivity index (χ0n) is 12.4.